The minimum atomic E-state index is -0.112. The number of aromatic nitrogens is 3. The summed E-state index contributed by atoms with van der Waals surface area (Å²) in [5, 5.41) is 11.2. The molecule has 0 aliphatic rings. The molecule has 1 aromatic heterocycles. The molecule has 0 unspecified atom stereocenters. The van der Waals surface area contributed by atoms with Crippen LogP contribution in [0.5, 0.6) is 0 Å². The number of thioether (sulfide) groups is 1. The summed E-state index contributed by atoms with van der Waals surface area (Å²) in [5.41, 5.74) is 3.93. The van der Waals surface area contributed by atoms with Gasteiger partial charge in [-0.05, 0) is 42.7 Å². The smallest absolute Gasteiger partial charge is 0.234 e. The van der Waals surface area contributed by atoms with Crippen LogP contribution >= 0.6 is 23.4 Å². The van der Waals surface area contributed by atoms with Gasteiger partial charge in [-0.15, -0.1) is 5.10 Å². The topological polar surface area (TPSA) is 70.7 Å². The lowest BCUT2D eigenvalue weighted by Crippen LogP contribution is -2.14. The van der Waals surface area contributed by atoms with E-state index in [0.717, 1.165) is 23.2 Å². The summed E-state index contributed by atoms with van der Waals surface area (Å²) in [6.45, 7) is 4.02. The number of aromatic amines is 1. The molecule has 134 valence electrons. The van der Waals surface area contributed by atoms with Crippen molar-refractivity contribution in [2.45, 2.75) is 25.4 Å². The first kappa shape index (κ1) is 18.5. The first-order valence-corrected chi connectivity index (χ1v) is 9.62. The fourth-order valence-corrected chi connectivity index (χ4v) is 3.25. The Balaban J connectivity index is 1.58. The summed E-state index contributed by atoms with van der Waals surface area (Å²) in [5.74, 6) is 0.817. The van der Waals surface area contributed by atoms with E-state index in [1.165, 1.54) is 17.3 Å². The van der Waals surface area contributed by atoms with Gasteiger partial charge in [0.25, 0.3) is 0 Å². The molecule has 0 fully saturated rings. The van der Waals surface area contributed by atoms with Crippen LogP contribution in [0.1, 0.15) is 18.1 Å². The minimum Gasteiger partial charge on any atom is -0.325 e. The normalized spacial score (nSPS) is 10.7. The highest BCUT2D eigenvalue weighted by atomic mass is 35.5. The van der Waals surface area contributed by atoms with Gasteiger partial charge in [0.1, 0.15) is 0 Å². The molecule has 7 heteroatoms. The average molecular weight is 387 g/mol. The Hall–Kier alpha value is -2.31. The van der Waals surface area contributed by atoms with Crippen molar-refractivity contribution in [3.05, 3.63) is 58.6 Å². The Morgan fingerprint density at radius 2 is 2.00 bits per heavy atom. The highest BCUT2D eigenvalue weighted by Gasteiger charge is 2.10. The molecule has 3 rings (SSSR count). The molecule has 0 spiro atoms. The number of rotatable bonds is 6. The predicted molar refractivity (Wildman–Crippen MR) is 107 cm³/mol. The third kappa shape index (κ3) is 4.65. The molecular formula is C19H19ClN4OS. The predicted octanol–water partition coefficient (Wildman–Crippen LogP) is 4.73. The molecule has 0 aliphatic heterocycles. The zero-order valence-electron chi connectivity index (χ0n) is 14.5. The van der Waals surface area contributed by atoms with Gasteiger partial charge in [-0.1, -0.05) is 54.6 Å². The number of benzene rings is 2. The number of nitrogens with zero attached hydrogens (tertiary/aromatic N) is 2. The molecule has 0 atom stereocenters. The molecule has 5 nitrogen and oxygen atoms in total. The zero-order valence-corrected chi connectivity index (χ0v) is 16.1. The number of anilines is 1. The number of aryl methyl sites for hydroxylation is 2. The van der Waals surface area contributed by atoms with Gasteiger partial charge in [-0.3, -0.25) is 9.89 Å². The van der Waals surface area contributed by atoms with Crippen LogP contribution in [0.3, 0.4) is 0 Å². The molecule has 1 heterocycles. The van der Waals surface area contributed by atoms with Crippen molar-refractivity contribution in [3.8, 4) is 11.4 Å². The Labute approximate surface area is 161 Å². The number of nitrogens with one attached hydrogen (secondary N) is 2. The third-order valence-corrected chi connectivity index (χ3v) is 4.98. The van der Waals surface area contributed by atoms with Gasteiger partial charge in [-0.25, -0.2) is 4.98 Å². The Morgan fingerprint density at radius 3 is 2.69 bits per heavy atom. The van der Waals surface area contributed by atoms with Crippen LogP contribution in [0.25, 0.3) is 11.4 Å². The quantitative estimate of drug-likeness (QED) is 0.601. The van der Waals surface area contributed by atoms with Gasteiger partial charge in [0.2, 0.25) is 11.1 Å². The second-order valence-electron chi connectivity index (χ2n) is 5.81. The summed E-state index contributed by atoms with van der Waals surface area (Å²) in [7, 11) is 0. The van der Waals surface area contributed by atoms with Crippen LogP contribution in [0, 0.1) is 6.92 Å². The Bertz CT molecular complexity index is 908. The van der Waals surface area contributed by atoms with Crippen LogP contribution in [-0.4, -0.2) is 26.8 Å². The number of carbonyl (C=O) groups excluding carboxylic acids is 1. The number of hydrogen-bond donors (Lipinski definition) is 2. The fourth-order valence-electron chi connectivity index (χ4n) is 2.42. The second kappa shape index (κ2) is 8.38. The average Bonchev–Trinajstić information content (AvgIpc) is 3.11. The van der Waals surface area contributed by atoms with Crippen molar-refractivity contribution in [3.63, 3.8) is 0 Å². The molecule has 1 amide bonds. The summed E-state index contributed by atoms with van der Waals surface area (Å²) in [6, 6.07) is 13.6. The molecule has 0 aliphatic carbocycles. The van der Waals surface area contributed by atoms with Crippen LogP contribution in [0.4, 0.5) is 5.69 Å². The fraction of sp³-hybridized carbons (Fsp3) is 0.211. The van der Waals surface area contributed by atoms with Gasteiger partial charge in [0, 0.05) is 16.3 Å². The van der Waals surface area contributed by atoms with E-state index in [4.69, 9.17) is 11.6 Å². The lowest BCUT2D eigenvalue weighted by Gasteiger charge is -2.07. The van der Waals surface area contributed by atoms with Crippen molar-refractivity contribution in [1.29, 1.82) is 0 Å². The summed E-state index contributed by atoms with van der Waals surface area (Å²) in [4.78, 5) is 16.6. The first-order valence-electron chi connectivity index (χ1n) is 8.25. The van der Waals surface area contributed by atoms with E-state index in [9.17, 15) is 4.79 Å². The molecule has 2 N–H and O–H groups in total. The molecule has 0 radical (unpaired) electrons. The van der Waals surface area contributed by atoms with Crippen molar-refractivity contribution < 1.29 is 4.79 Å². The van der Waals surface area contributed by atoms with E-state index in [-0.39, 0.29) is 11.7 Å². The van der Waals surface area contributed by atoms with E-state index < -0.39 is 0 Å². The van der Waals surface area contributed by atoms with Crippen molar-refractivity contribution >= 4 is 35.0 Å². The Morgan fingerprint density at radius 1 is 1.23 bits per heavy atom. The van der Waals surface area contributed by atoms with Gasteiger partial charge >= 0.3 is 0 Å². The first-order chi connectivity index (χ1) is 12.5. The Kier molecular flexibility index (Phi) is 5.96. The second-order valence-corrected chi connectivity index (χ2v) is 7.19. The molecular weight excluding hydrogens is 368 g/mol. The van der Waals surface area contributed by atoms with E-state index in [1.54, 1.807) is 12.1 Å². The SMILES string of the molecule is CCc1ccc(-c2nc(SCC(=O)Nc3ccc(Cl)cc3C)n[nH]2)cc1. The summed E-state index contributed by atoms with van der Waals surface area (Å²) < 4.78 is 0. The zero-order chi connectivity index (χ0) is 18.5. The highest BCUT2D eigenvalue weighted by molar-refractivity contribution is 7.99. The lowest BCUT2D eigenvalue weighted by molar-refractivity contribution is -0.113. The molecule has 0 saturated carbocycles. The van der Waals surface area contributed by atoms with E-state index in [2.05, 4.69) is 39.6 Å². The summed E-state index contributed by atoms with van der Waals surface area (Å²) >= 11 is 7.22. The third-order valence-electron chi connectivity index (χ3n) is 3.90. The van der Waals surface area contributed by atoms with Gasteiger partial charge < -0.3 is 5.32 Å². The molecule has 3 aromatic rings. The minimum absolute atomic E-state index is 0.112. The standard InChI is InChI=1S/C19H19ClN4OS/c1-3-13-4-6-14(7-5-13)18-22-19(24-23-18)26-11-17(25)21-16-9-8-15(20)10-12(16)2/h4-10H,3,11H2,1-2H3,(H,21,25)(H,22,23,24). The molecule has 0 saturated heterocycles. The van der Waals surface area contributed by atoms with E-state index >= 15 is 0 Å². The molecule has 26 heavy (non-hydrogen) atoms. The van der Waals surface area contributed by atoms with E-state index in [1.807, 2.05) is 25.1 Å². The van der Waals surface area contributed by atoms with Crippen LogP contribution in [0.15, 0.2) is 47.6 Å². The largest absolute Gasteiger partial charge is 0.325 e. The van der Waals surface area contributed by atoms with Crippen molar-refractivity contribution in [1.82, 2.24) is 15.2 Å². The monoisotopic (exact) mass is 386 g/mol. The maximum atomic E-state index is 12.1. The maximum Gasteiger partial charge on any atom is 0.234 e. The van der Waals surface area contributed by atoms with Gasteiger partial charge in [0.05, 0.1) is 5.75 Å². The number of hydrogen-bond acceptors (Lipinski definition) is 4. The van der Waals surface area contributed by atoms with E-state index in [0.29, 0.717) is 16.0 Å². The van der Waals surface area contributed by atoms with Gasteiger partial charge in [0.15, 0.2) is 5.82 Å². The number of amides is 1. The highest BCUT2D eigenvalue weighted by Crippen LogP contribution is 2.22. The number of H-pyrrole nitrogens is 1. The van der Waals surface area contributed by atoms with Crippen LogP contribution in [-0.2, 0) is 11.2 Å². The lowest BCUT2D eigenvalue weighted by atomic mass is 10.1. The number of carbonyl (C=O) groups is 1. The van der Waals surface area contributed by atoms with Gasteiger partial charge in [-0.2, -0.15) is 0 Å². The van der Waals surface area contributed by atoms with Crippen molar-refractivity contribution in [2.75, 3.05) is 11.1 Å². The molecule has 0 bridgehead atoms. The van der Waals surface area contributed by atoms with Crippen LogP contribution < -0.4 is 5.32 Å². The summed E-state index contributed by atoms with van der Waals surface area (Å²) in [6.07, 6.45) is 1.000. The maximum absolute atomic E-state index is 12.1. The number of halogens is 1. The van der Waals surface area contributed by atoms with Crippen molar-refractivity contribution in [2.24, 2.45) is 0 Å². The van der Waals surface area contributed by atoms with Crippen LogP contribution in [0.2, 0.25) is 5.02 Å². The molecule has 2 aromatic carbocycles.